The SMILES string of the molecule is Cc1cccc(N2C(CC#N)C(=O)NCC2(C)C)c1. The van der Waals surface area contributed by atoms with E-state index in [9.17, 15) is 4.79 Å². The highest BCUT2D eigenvalue weighted by Crippen LogP contribution is 2.30. The predicted molar refractivity (Wildman–Crippen MR) is 74.8 cm³/mol. The van der Waals surface area contributed by atoms with Crippen molar-refractivity contribution >= 4 is 11.6 Å². The standard InChI is InChI=1S/C15H19N3O/c1-11-5-4-6-12(9-11)18-13(7-8-16)14(19)17-10-15(18,2)3/h4-6,9,13H,7,10H2,1-3H3,(H,17,19). The fourth-order valence-electron chi connectivity index (χ4n) is 2.62. The molecule has 0 radical (unpaired) electrons. The number of nitriles is 1. The van der Waals surface area contributed by atoms with Crippen LogP contribution in [0, 0.1) is 18.3 Å². The van der Waals surface area contributed by atoms with Gasteiger partial charge < -0.3 is 10.2 Å². The molecule has 100 valence electrons. The Labute approximate surface area is 114 Å². The molecule has 0 saturated carbocycles. The molecule has 19 heavy (non-hydrogen) atoms. The molecule has 1 heterocycles. The Kier molecular flexibility index (Phi) is 3.48. The number of nitrogens with zero attached hydrogens (tertiary/aromatic N) is 2. The molecular formula is C15H19N3O. The van der Waals surface area contributed by atoms with Gasteiger partial charge in [0.25, 0.3) is 0 Å². The van der Waals surface area contributed by atoms with Gasteiger partial charge >= 0.3 is 0 Å². The van der Waals surface area contributed by atoms with Gasteiger partial charge in [0.05, 0.1) is 18.0 Å². The number of aryl methyl sites for hydroxylation is 1. The number of hydrogen-bond acceptors (Lipinski definition) is 3. The second-order valence-corrected chi connectivity index (χ2v) is 5.62. The van der Waals surface area contributed by atoms with Crippen molar-refractivity contribution in [2.45, 2.75) is 38.8 Å². The number of carbonyl (C=O) groups excluding carboxylic acids is 1. The quantitative estimate of drug-likeness (QED) is 0.881. The van der Waals surface area contributed by atoms with Crippen LogP contribution in [0.25, 0.3) is 0 Å². The van der Waals surface area contributed by atoms with Crippen LogP contribution in [0.5, 0.6) is 0 Å². The molecule has 1 unspecified atom stereocenters. The lowest BCUT2D eigenvalue weighted by atomic mass is 9.93. The Balaban J connectivity index is 2.46. The summed E-state index contributed by atoms with van der Waals surface area (Å²) in [6.45, 7) is 6.78. The first-order valence-corrected chi connectivity index (χ1v) is 6.46. The molecule has 1 amide bonds. The highest BCUT2D eigenvalue weighted by Gasteiger charge is 2.41. The van der Waals surface area contributed by atoms with Crippen molar-refractivity contribution in [2.24, 2.45) is 0 Å². The number of anilines is 1. The van der Waals surface area contributed by atoms with E-state index in [0.29, 0.717) is 6.54 Å². The second-order valence-electron chi connectivity index (χ2n) is 5.62. The Morgan fingerprint density at radius 1 is 1.53 bits per heavy atom. The fraction of sp³-hybridized carbons (Fsp3) is 0.467. The molecule has 1 aliphatic heterocycles. The van der Waals surface area contributed by atoms with Gasteiger partial charge in [-0.15, -0.1) is 0 Å². The van der Waals surface area contributed by atoms with Crippen molar-refractivity contribution in [2.75, 3.05) is 11.4 Å². The lowest BCUT2D eigenvalue weighted by Gasteiger charge is -2.48. The summed E-state index contributed by atoms with van der Waals surface area (Å²) in [6.07, 6.45) is 0.198. The van der Waals surface area contributed by atoms with Crippen LogP contribution >= 0.6 is 0 Å². The van der Waals surface area contributed by atoms with Crippen LogP contribution in [0.2, 0.25) is 0 Å². The average Bonchev–Trinajstić information content (AvgIpc) is 2.34. The predicted octanol–water partition coefficient (Wildman–Crippen LogP) is 1.99. The van der Waals surface area contributed by atoms with E-state index in [0.717, 1.165) is 11.3 Å². The van der Waals surface area contributed by atoms with E-state index < -0.39 is 6.04 Å². The molecule has 1 N–H and O–H groups in total. The zero-order chi connectivity index (χ0) is 14.0. The van der Waals surface area contributed by atoms with E-state index in [1.54, 1.807) is 0 Å². The average molecular weight is 257 g/mol. The van der Waals surface area contributed by atoms with E-state index in [1.807, 2.05) is 25.1 Å². The van der Waals surface area contributed by atoms with Crippen LogP contribution in [0.3, 0.4) is 0 Å². The smallest absolute Gasteiger partial charge is 0.243 e. The van der Waals surface area contributed by atoms with Gasteiger partial charge in [0.1, 0.15) is 6.04 Å². The number of piperazine rings is 1. The summed E-state index contributed by atoms with van der Waals surface area (Å²) in [7, 11) is 0. The lowest BCUT2D eigenvalue weighted by Crippen LogP contribution is -2.65. The maximum atomic E-state index is 12.0. The van der Waals surface area contributed by atoms with Gasteiger partial charge in [-0.2, -0.15) is 5.26 Å². The van der Waals surface area contributed by atoms with E-state index in [2.05, 4.69) is 36.2 Å². The number of nitrogens with one attached hydrogen (secondary N) is 1. The first-order valence-electron chi connectivity index (χ1n) is 6.46. The monoisotopic (exact) mass is 257 g/mol. The molecule has 1 aromatic rings. The molecule has 4 nitrogen and oxygen atoms in total. The number of benzene rings is 1. The zero-order valence-corrected chi connectivity index (χ0v) is 11.6. The summed E-state index contributed by atoms with van der Waals surface area (Å²) in [5.74, 6) is -0.0672. The molecule has 0 spiro atoms. The molecule has 0 aliphatic carbocycles. The van der Waals surface area contributed by atoms with Crippen LogP contribution in [-0.2, 0) is 4.79 Å². The number of carbonyl (C=O) groups is 1. The minimum Gasteiger partial charge on any atom is -0.352 e. The summed E-state index contributed by atoms with van der Waals surface area (Å²) in [5.41, 5.74) is 1.94. The summed E-state index contributed by atoms with van der Waals surface area (Å²) in [4.78, 5) is 14.1. The van der Waals surface area contributed by atoms with Gasteiger partial charge in [0.2, 0.25) is 5.91 Å². The highest BCUT2D eigenvalue weighted by atomic mass is 16.2. The molecule has 0 aromatic heterocycles. The molecular weight excluding hydrogens is 238 g/mol. The lowest BCUT2D eigenvalue weighted by molar-refractivity contribution is -0.124. The maximum absolute atomic E-state index is 12.0. The molecule has 1 saturated heterocycles. The summed E-state index contributed by atoms with van der Waals surface area (Å²) in [5, 5.41) is 11.9. The van der Waals surface area contributed by atoms with E-state index in [4.69, 9.17) is 5.26 Å². The minimum absolute atomic E-state index is 0.0672. The third kappa shape index (κ3) is 2.55. The van der Waals surface area contributed by atoms with Crippen molar-refractivity contribution < 1.29 is 4.79 Å². The second kappa shape index (κ2) is 4.93. The van der Waals surface area contributed by atoms with Crippen molar-refractivity contribution in [1.82, 2.24) is 5.32 Å². The van der Waals surface area contributed by atoms with Gasteiger partial charge in [-0.25, -0.2) is 0 Å². The van der Waals surface area contributed by atoms with Gasteiger partial charge in [-0.3, -0.25) is 4.79 Å². The molecule has 0 bridgehead atoms. The molecule has 2 rings (SSSR count). The van der Waals surface area contributed by atoms with Crippen molar-refractivity contribution in [3.63, 3.8) is 0 Å². The molecule has 4 heteroatoms. The van der Waals surface area contributed by atoms with Crippen LogP contribution in [-0.4, -0.2) is 24.0 Å². The molecule has 1 atom stereocenters. The Morgan fingerprint density at radius 3 is 2.89 bits per heavy atom. The minimum atomic E-state index is -0.421. The van der Waals surface area contributed by atoms with Crippen LogP contribution in [0.1, 0.15) is 25.8 Å². The summed E-state index contributed by atoms with van der Waals surface area (Å²) in [6, 6.07) is 9.77. The van der Waals surface area contributed by atoms with E-state index >= 15 is 0 Å². The van der Waals surface area contributed by atoms with E-state index in [1.165, 1.54) is 0 Å². The van der Waals surface area contributed by atoms with Gasteiger partial charge in [-0.1, -0.05) is 12.1 Å². The summed E-state index contributed by atoms with van der Waals surface area (Å²) < 4.78 is 0. The van der Waals surface area contributed by atoms with Crippen LogP contribution < -0.4 is 10.2 Å². The Hall–Kier alpha value is -2.02. The highest BCUT2D eigenvalue weighted by molar-refractivity contribution is 5.87. The van der Waals surface area contributed by atoms with Crippen LogP contribution in [0.15, 0.2) is 24.3 Å². The Bertz CT molecular complexity index is 530. The summed E-state index contributed by atoms with van der Waals surface area (Å²) >= 11 is 0. The molecule has 1 aromatic carbocycles. The van der Waals surface area contributed by atoms with E-state index in [-0.39, 0.29) is 17.9 Å². The normalized spacial score (nSPS) is 21.7. The third-order valence-electron chi connectivity index (χ3n) is 3.53. The first-order chi connectivity index (χ1) is 8.95. The van der Waals surface area contributed by atoms with Crippen molar-refractivity contribution in [3.8, 4) is 6.07 Å². The number of rotatable bonds is 2. The third-order valence-corrected chi connectivity index (χ3v) is 3.53. The van der Waals surface area contributed by atoms with Crippen molar-refractivity contribution in [1.29, 1.82) is 5.26 Å². The molecule has 1 fully saturated rings. The largest absolute Gasteiger partial charge is 0.352 e. The number of hydrogen-bond donors (Lipinski definition) is 1. The fourth-order valence-corrected chi connectivity index (χ4v) is 2.62. The van der Waals surface area contributed by atoms with Gasteiger partial charge in [0, 0.05) is 12.2 Å². The Morgan fingerprint density at radius 2 is 2.26 bits per heavy atom. The first kappa shape index (κ1) is 13.4. The van der Waals surface area contributed by atoms with Crippen molar-refractivity contribution in [3.05, 3.63) is 29.8 Å². The number of amides is 1. The van der Waals surface area contributed by atoms with Gasteiger partial charge in [0.15, 0.2) is 0 Å². The topological polar surface area (TPSA) is 56.1 Å². The van der Waals surface area contributed by atoms with Gasteiger partial charge in [-0.05, 0) is 38.5 Å². The molecule has 1 aliphatic rings. The zero-order valence-electron chi connectivity index (χ0n) is 11.6. The maximum Gasteiger partial charge on any atom is 0.243 e. The van der Waals surface area contributed by atoms with Crippen LogP contribution in [0.4, 0.5) is 5.69 Å².